The van der Waals surface area contributed by atoms with Crippen LogP contribution in [0.3, 0.4) is 0 Å². The number of rotatable bonds is 4. The van der Waals surface area contributed by atoms with Crippen molar-refractivity contribution in [3.8, 4) is 0 Å². The first kappa shape index (κ1) is 15.0. The zero-order valence-corrected chi connectivity index (χ0v) is 11.3. The van der Waals surface area contributed by atoms with Crippen molar-refractivity contribution >= 4 is 12.1 Å². The van der Waals surface area contributed by atoms with Gasteiger partial charge in [0.25, 0.3) is 0 Å². The normalized spacial score (nSPS) is 12.6. The summed E-state index contributed by atoms with van der Waals surface area (Å²) < 4.78 is 5.04. The van der Waals surface area contributed by atoms with Gasteiger partial charge >= 0.3 is 12.1 Å². The van der Waals surface area contributed by atoms with E-state index in [0.717, 1.165) is 5.56 Å². The lowest BCUT2D eigenvalue weighted by molar-refractivity contribution is -0.139. The van der Waals surface area contributed by atoms with Crippen molar-refractivity contribution in [1.29, 1.82) is 0 Å². The summed E-state index contributed by atoms with van der Waals surface area (Å²) in [5.41, 5.74) is 0.186. The molecule has 0 fully saturated rings. The third-order valence-electron chi connectivity index (χ3n) is 2.27. The Bertz CT molecular complexity index is 437. The van der Waals surface area contributed by atoms with E-state index >= 15 is 0 Å². The van der Waals surface area contributed by atoms with Gasteiger partial charge in [-0.05, 0) is 26.3 Å². The molecule has 5 heteroatoms. The molecule has 0 aliphatic heterocycles. The maximum absolute atomic E-state index is 11.6. The van der Waals surface area contributed by atoms with Crippen molar-refractivity contribution in [1.82, 2.24) is 5.32 Å². The SMILES string of the molecule is CC(C)(C)OC(=O)[15NH][C@H](Cc1ccccc1)C(=O)O. The molecule has 0 aliphatic carbocycles. The van der Waals surface area contributed by atoms with Crippen molar-refractivity contribution in [3.05, 3.63) is 35.9 Å². The Morgan fingerprint density at radius 1 is 1.26 bits per heavy atom. The molecule has 0 aromatic heterocycles. The molecule has 19 heavy (non-hydrogen) atoms. The fourth-order valence-electron chi connectivity index (χ4n) is 1.50. The first-order valence-corrected chi connectivity index (χ1v) is 6.04. The minimum absolute atomic E-state index is 0.218. The minimum Gasteiger partial charge on any atom is -0.480 e. The van der Waals surface area contributed by atoms with Crippen molar-refractivity contribution in [3.63, 3.8) is 0 Å². The van der Waals surface area contributed by atoms with E-state index in [-0.39, 0.29) is 6.42 Å². The van der Waals surface area contributed by atoms with Crippen LogP contribution in [0, 0.1) is 0 Å². The molecule has 2 N–H and O–H groups in total. The van der Waals surface area contributed by atoms with E-state index in [1.165, 1.54) is 0 Å². The van der Waals surface area contributed by atoms with Crippen LogP contribution in [-0.4, -0.2) is 28.8 Å². The van der Waals surface area contributed by atoms with Gasteiger partial charge in [0.05, 0.1) is 0 Å². The highest BCUT2D eigenvalue weighted by atomic mass is 16.6. The number of nitrogens with one attached hydrogen (secondary N) is 1. The molecule has 1 aromatic carbocycles. The second-order valence-corrected chi connectivity index (χ2v) is 5.23. The quantitative estimate of drug-likeness (QED) is 0.819. The fourth-order valence-corrected chi connectivity index (χ4v) is 1.50. The van der Waals surface area contributed by atoms with Gasteiger partial charge in [-0.3, -0.25) is 0 Å². The van der Waals surface area contributed by atoms with E-state index in [9.17, 15) is 9.59 Å². The molecule has 0 spiro atoms. The zero-order valence-electron chi connectivity index (χ0n) is 11.3. The summed E-state index contributed by atoms with van der Waals surface area (Å²) in [6, 6.07) is 8.11. The van der Waals surface area contributed by atoms with E-state index in [1.807, 2.05) is 30.3 Å². The van der Waals surface area contributed by atoms with Crippen molar-refractivity contribution in [2.24, 2.45) is 0 Å². The lowest BCUT2D eigenvalue weighted by atomic mass is 10.1. The Labute approximate surface area is 112 Å². The van der Waals surface area contributed by atoms with Gasteiger partial charge in [-0.1, -0.05) is 30.3 Å². The largest absolute Gasteiger partial charge is 0.480 e. The summed E-state index contributed by atoms with van der Waals surface area (Å²) in [5, 5.41) is 11.5. The van der Waals surface area contributed by atoms with Crippen LogP contribution < -0.4 is 5.32 Å². The number of hydrogen-bond acceptors (Lipinski definition) is 3. The van der Waals surface area contributed by atoms with Crippen LogP contribution in [0.1, 0.15) is 26.3 Å². The van der Waals surface area contributed by atoms with E-state index in [4.69, 9.17) is 9.84 Å². The highest BCUT2D eigenvalue weighted by Gasteiger charge is 2.23. The van der Waals surface area contributed by atoms with Crippen LogP contribution in [0.5, 0.6) is 0 Å². The molecule has 1 rings (SSSR count). The van der Waals surface area contributed by atoms with E-state index < -0.39 is 23.7 Å². The Hall–Kier alpha value is -2.04. The smallest absolute Gasteiger partial charge is 0.408 e. The molecule has 0 heterocycles. The molecule has 0 saturated heterocycles. The Balaban J connectivity index is 2.64. The first-order chi connectivity index (χ1) is 8.78. The topological polar surface area (TPSA) is 75.6 Å². The summed E-state index contributed by atoms with van der Waals surface area (Å²) in [6.45, 7) is 5.17. The number of benzene rings is 1. The summed E-state index contributed by atoms with van der Waals surface area (Å²) in [7, 11) is 0. The molecule has 0 unspecified atom stereocenters. The van der Waals surface area contributed by atoms with Crippen LogP contribution in [0.2, 0.25) is 0 Å². The fraction of sp³-hybridized carbons (Fsp3) is 0.429. The number of ether oxygens (including phenoxy) is 1. The van der Waals surface area contributed by atoms with Crippen LogP contribution in [0.25, 0.3) is 0 Å². The van der Waals surface area contributed by atoms with Gasteiger partial charge in [-0.25, -0.2) is 9.59 Å². The molecule has 0 bridgehead atoms. The van der Waals surface area contributed by atoms with Gasteiger partial charge in [0, 0.05) is 6.42 Å². The lowest BCUT2D eigenvalue weighted by Gasteiger charge is -2.22. The van der Waals surface area contributed by atoms with E-state index in [2.05, 4.69) is 5.32 Å². The molecule has 0 aliphatic rings. The molecule has 1 amide bonds. The molecular weight excluding hydrogens is 247 g/mol. The Morgan fingerprint density at radius 2 is 1.84 bits per heavy atom. The maximum atomic E-state index is 11.6. The minimum atomic E-state index is -1.09. The molecule has 104 valence electrons. The summed E-state index contributed by atoms with van der Waals surface area (Å²) in [4.78, 5) is 22.7. The Kier molecular flexibility index (Phi) is 4.92. The number of carboxylic acids is 1. The number of carboxylic acid groups (broad SMARTS) is 1. The number of carbonyl (C=O) groups excluding carboxylic acids is 1. The zero-order chi connectivity index (χ0) is 14.5. The van der Waals surface area contributed by atoms with Gasteiger partial charge < -0.3 is 15.2 Å². The highest BCUT2D eigenvalue weighted by Crippen LogP contribution is 2.08. The third-order valence-corrected chi connectivity index (χ3v) is 2.27. The lowest BCUT2D eigenvalue weighted by Crippen LogP contribution is -2.44. The second kappa shape index (κ2) is 6.22. The van der Waals surface area contributed by atoms with Crippen LogP contribution >= 0.6 is 0 Å². The number of aliphatic carboxylic acids is 1. The van der Waals surface area contributed by atoms with Crippen LogP contribution in [0.15, 0.2) is 30.3 Å². The number of alkyl carbamates (subject to hydrolysis) is 1. The molecule has 1 aromatic rings. The summed E-state index contributed by atoms with van der Waals surface area (Å²) >= 11 is 0. The van der Waals surface area contributed by atoms with Crippen LogP contribution in [0.4, 0.5) is 4.79 Å². The van der Waals surface area contributed by atoms with Crippen molar-refractivity contribution in [2.45, 2.75) is 38.8 Å². The summed E-state index contributed by atoms with van der Waals surface area (Å²) in [6.07, 6.45) is -0.508. The van der Waals surface area contributed by atoms with Gasteiger partial charge in [-0.2, -0.15) is 0 Å². The standard InChI is InChI=1S/C14H19NO4/c1-14(2,3)19-13(18)15-11(12(16)17)9-10-7-5-4-6-8-10/h4-8,11H,9H2,1-3H3,(H,15,18)(H,16,17)/t11-/m1/s1/i15+1. The van der Waals surface area contributed by atoms with E-state index in [1.54, 1.807) is 20.8 Å². The van der Waals surface area contributed by atoms with Gasteiger partial charge in [-0.15, -0.1) is 0 Å². The number of hydrogen-bond donors (Lipinski definition) is 2. The molecule has 0 radical (unpaired) electrons. The predicted molar refractivity (Wildman–Crippen MR) is 70.9 cm³/mol. The van der Waals surface area contributed by atoms with Crippen LogP contribution in [-0.2, 0) is 16.0 Å². The molecule has 1 atom stereocenters. The predicted octanol–water partition coefficient (Wildman–Crippen LogP) is 2.21. The average Bonchev–Trinajstić information content (AvgIpc) is 2.26. The average molecular weight is 266 g/mol. The third kappa shape index (κ3) is 5.90. The van der Waals surface area contributed by atoms with Gasteiger partial charge in [0.2, 0.25) is 0 Å². The molecule has 0 saturated carbocycles. The molecular formula is C14H19NO4. The summed E-state index contributed by atoms with van der Waals surface area (Å²) in [5.74, 6) is -1.09. The first-order valence-electron chi connectivity index (χ1n) is 6.04. The van der Waals surface area contributed by atoms with Crippen molar-refractivity contribution in [2.75, 3.05) is 0 Å². The second-order valence-electron chi connectivity index (χ2n) is 5.23. The number of amides is 1. The van der Waals surface area contributed by atoms with E-state index in [0.29, 0.717) is 0 Å². The van der Waals surface area contributed by atoms with Crippen molar-refractivity contribution < 1.29 is 19.4 Å². The Morgan fingerprint density at radius 3 is 2.32 bits per heavy atom. The molecule has 5 nitrogen and oxygen atoms in total. The van der Waals surface area contributed by atoms with Gasteiger partial charge in [0.15, 0.2) is 0 Å². The van der Waals surface area contributed by atoms with Gasteiger partial charge in [0.1, 0.15) is 11.6 Å². The monoisotopic (exact) mass is 266 g/mol. The highest BCUT2D eigenvalue weighted by molar-refractivity contribution is 5.80. The number of carbonyl (C=O) groups is 2. The maximum Gasteiger partial charge on any atom is 0.408 e.